The Morgan fingerprint density at radius 2 is 2.35 bits per heavy atom. The first-order valence-corrected chi connectivity index (χ1v) is 8.93. The van der Waals surface area contributed by atoms with Crippen LogP contribution in [0.5, 0.6) is 0 Å². The minimum Gasteiger partial charge on any atom is -0.338 e. The predicted molar refractivity (Wildman–Crippen MR) is 90.6 cm³/mol. The molecule has 6 nitrogen and oxygen atoms in total. The van der Waals surface area contributed by atoms with Crippen molar-refractivity contribution in [2.75, 3.05) is 13.1 Å². The molecule has 0 bridgehead atoms. The van der Waals surface area contributed by atoms with Gasteiger partial charge in [0.2, 0.25) is 0 Å². The summed E-state index contributed by atoms with van der Waals surface area (Å²) in [4.78, 5) is 20.2. The number of hydrogen-bond donors (Lipinski definition) is 2. The zero-order valence-corrected chi connectivity index (χ0v) is 14.4. The third kappa shape index (κ3) is 3.72. The molecular formula is C16H23N5OS. The number of aromatic amines is 1. The molecule has 1 saturated heterocycles. The summed E-state index contributed by atoms with van der Waals surface area (Å²) in [5.74, 6) is 0. The smallest absolute Gasteiger partial charge is 0.317 e. The number of hydrogen-bond acceptors (Lipinski definition) is 4. The van der Waals surface area contributed by atoms with Crippen molar-refractivity contribution in [3.8, 4) is 0 Å². The highest BCUT2D eigenvalue weighted by atomic mass is 32.1. The summed E-state index contributed by atoms with van der Waals surface area (Å²) >= 11 is 1.71. The van der Waals surface area contributed by atoms with Gasteiger partial charge in [-0.1, -0.05) is 0 Å². The molecule has 3 heterocycles. The topological polar surface area (TPSA) is 73.9 Å². The van der Waals surface area contributed by atoms with Crippen LogP contribution in [0.4, 0.5) is 4.79 Å². The van der Waals surface area contributed by atoms with E-state index >= 15 is 0 Å². The van der Waals surface area contributed by atoms with Crippen molar-refractivity contribution in [1.29, 1.82) is 0 Å². The summed E-state index contributed by atoms with van der Waals surface area (Å²) < 4.78 is 0. The van der Waals surface area contributed by atoms with Crippen LogP contribution in [0, 0.1) is 13.8 Å². The third-order valence-electron chi connectivity index (χ3n) is 4.30. The lowest BCUT2D eigenvalue weighted by atomic mass is 9.98. The van der Waals surface area contributed by atoms with Crippen LogP contribution < -0.4 is 5.32 Å². The Balaban J connectivity index is 1.57. The number of H-pyrrole nitrogens is 1. The molecule has 0 aromatic carbocycles. The van der Waals surface area contributed by atoms with Gasteiger partial charge >= 0.3 is 6.03 Å². The van der Waals surface area contributed by atoms with Crippen molar-refractivity contribution < 1.29 is 4.79 Å². The number of carbonyl (C=O) groups is 1. The van der Waals surface area contributed by atoms with Gasteiger partial charge in [-0.05, 0) is 33.1 Å². The molecule has 2 aromatic heterocycles. The quantitative estimate of drug-likeness (QED) is 0.903. The second-order valence-electron chi connectivity index (χ2n) is 5.96. The van der Waals surface area contributed by atoms with E-state index < -0.39 is 0 Å². The van der Waals surface area contributed by atoms with Crippen LogP contribution in [0.2, 0.25) is 0 Å². The molecule has 0 radical (unpaired) electrons. The normalized spacial score (nSPS) is 18.2. The summed E-state index contributed by atoms with van der Waals surface area (Å²) in [5, 5.41) is 11.0. The Labute approximate surface area is 140 Å². The monoisotopic (exact) mass is 333 g/mol. The van der Waals surface area contributed by atoms with E-state index in [1.54, 1.807) is 11.3 Å². The van der Waals surface area contributed by atoms with Crippen LogP contribution in [-0.4, -0.2) is 39.2 Å². The molecule has 3 rings (SSSR count). The number of thiazole rings is 1. The van der Waals surface area contributed by atoms with Crippen molar-refractivity contribution in [2.24, 2.45) is 0 Å². The van der Waals surface area contributed by atoms with Crippen molar-refractivity contribution in [2.45, 2.75) is 45.6 Å². The highest BCUT2D eigenvalue weighted by Crippen LogP contribution is 2.30. The van der Waals surface area contributed by atoms with Gasteiger partial charge in [0.1, 0.15) is 0 Å². The lowest BCUT2D eigenvalue weighted by Gasteiger charge is -2.35. The summed E-state index contributed by atoms with van der Waals surface area (Å²) in [6.45, 7) is 5.50. The molecule has 1 atom stereocenters. The van der Waals surface area contributed by atoms with Gasteiger partial charge in [-0.15, -0.1) is 11.3 Å². The van der Waals surface area contributed by atoms with Crippen molar-refractivity contribution in [3.63, 3.8) is 0 Å². The number of piperidine rings is 1. The number of likely N-dealkylation sites (tertiary alicyclic amines) is 1. The van der Waals surface area contributed by atoms with E-state index in [0.29, 0.717) is 6.54 Å². The lowest BCUT2D eigenvalue weighted by Crippen LogP contribution is -2.45. The number of urea groups is 1. The Bertz CT molecular complexity index is 651. The SMILES string of the molecule is Cc1nc(C)c(CCNC(=O)N2CCCCC2c2cn[nH]c2)s1. The van der Waals surface area contributed by atoms with Crippen LogP contribution in [0.25, 0.3) is 0 Å². The maximum Gasteiger partial charge on any atom is 0.317 e. The zero-order valence-electron chi connectivity index (χ0n) is 13.6. The minimum atomic E-state index is 0.0230. The van der Waals surface area contributed by atoms with Gasteiger partial charge in [0.15, 0.2) is 0 Å². The molecule has 23 heavy (non-hydrogen) atoms. The number of nitrogens with one attached hydrogen (secondary N) is 2. The first-order chi connectivity index (χ1) is 11.1. The Hall–Kier alpha value is -1.89. The largest absolute Gasteiger partial charge is 0.338 e. The standard InChI is InChI=1S/C16H23N5OS/c1-11-15(23-12(2)20-11)6-7-17-16(22)21-8-4-3-5-14(21)13-9-18-19-10-13/h9-10,14H,3-8H2,1-2H3,(H,17,22)(H,18,19). The molecule has 2 N–H and O–H groups in total. The zero-order chi connectivity index (χ0) is 16.2. The van der Waals surface area contributed by atoms with Crippen LogP contribution in [0.15, 0.2) is 12.4 Å². The average molecular weight is 333 g/mol. The highest BCUT2D eigenvalue weighted by molar-refractivity contribution is 7.11. The highest BCUT2D eigenvalue weighted by Gasteiger charge is 2.28. The molecule has 0 saturated carbocycles. The van der Waals surface area contributed by atoms with Gasteiger partial charge in [-0.2, -0.15) is 5.10 Å². The molecule has 124 valence electrons. The number of aromatic nitrogens is 3. The fraction of sp³-hybridized carbons (Fsp3) is 0.562. The van der Waals surface area contributed by atoms with E-state index in [1.807, 2.05) is 31.1 Å². The van der Waals surface area contributed by atoms with Gasteiger partial charge in [-0.3, -0.25) is 5.10 Å². The molecule has 1 fully saturated rings. The first-order valence-electron chi connectivity index (χ1n) is 8.11. The van der Waals surface area contributed by atoms with Gasteiger partial charge in [0, 0.05) is 36.1 Å². The number of aryl methyl sites for hydroxylation is 2. The van der Waals surface area contributed by atoms with Crippen LogP contribution >= 0.6 is 11.3 Å². The number of carbonyl (C=O) groups excluding carboxylic acids is 1. The Morgan fingerprint density at radius 3 is 3.04 bits per heavy atom. The van der Waals surface area contributed by atoms with Crippen molar-refractivity contribution in [1.82, 2.24) is 25.4 Å². The molecule has 0 aliphatic carbocycles. The lowest BCUT2D eigenvalue weighted by molar-refractivity contribution is 0.151. The maximum absolute atomic E-state index is 12.6. The van der Waals surface area contributed by atoms with Gasteiger partial charge in [-0.25, -0.2) is 9.78 Å². The van der Waals surface area contributed by atoms with Crippen LogP contribution in [0.1, 0.15) is 46.4 Å². The summed E-state index contributed by atoms with van der Waals surface area (Å²) in [5.41, 5.74) is 2.17. The maximum atomic E-state index is 12.6. The van der Waals surface area contributed by atoms with Crippen molar-refractivity contribution in [3.05, 3.63) is 33.5 Å². The molecule has 1 aliphatic heterocycles. The first kappa shape index (κ1) is 16.0. The van der Waals surface area contributed by atoms with Gasteiger partial charge in [0.25, 0.3) is 0 Å². The van der Waals surface area contributed by atoms with E-state index in [9.17, 15) is 4.79 Å². The van der Waals surface area contributed by atoms with E-state index in [2.05, 4.69) is 20.5 Å². The molecule has 1 unspecified atom stereocenters. The van der Waals surface area contributed by atoms with E-state index in [0.717, 1.165) is 48.5 Å². The molecule has 0 spiro atoms. The molecule has 2 aromatic rings. The predicted octanol–water partition coefficient (Wildman–Crippen LogP) is 2.96. The molecule has 2 amide bonds. The van der Waals surface area contributed by atoms with Gasteiger partial charge < -0.3 is 10.2 Å². The fourth-order valence-electron chi connectivity index (χ4n) is 3.15. The van der Waals surface area contributed by atoms with E-state index in [4.69, 9.17) is 0 Å². The second-order valence-corrected chi connectivity index (χ2v) is 7.25. The van der Waals surface area contributed by atoms with Crippen LogP contribution in [-0.2, 0) is 6.42 Å². The average Bonchev–Trinajstić information content (AvgIpc) is 3.17. The number of nitrogens with zero attached hydrogens (tertiary/aromatic N) is 3. The molecular weight excluding hydrogens is 310 g/mol. The van der Waals surface area contributed by atoms with Gasteiger partial charge in [0.05, 0.1) is 22.9 Å². The number of amides is 2. The number of rotatable bonds is 4. The Morgan fingerprint density at radius 1 is 1.48 bits per heavy atom. The summed E-state index contributed by atoms with van der Waals surface area (Å²) in [6.07, 6.45) is 7.76. The van der Waals surface area contributed by atoms with E-state index in [1.165, 1.54) is 4.88 Å². The third-order valence-corrected chi connectivity index (χ3v) is 5.43. The molecule has 1 aliphatic rings. The minimum absolute atomic E-state index is 0.0230. The van der Waals surface area contributed by atoms with E-state index in [-0.39, 0.29) is 12.1 Å². The summed E-state index contributed by atoms with van der Waals surface area (Å²) in [6, 6.07) is 0.157. The Kier molecular flexibility index (Phi) is 4.95. The summed E-state index contributed by atoms with van der Waals surface area (Å²) in [7, 11) is 0. The molecule has 7 heteroatoms. The second kappa shape index (κ2) is 7.12. The van der Waals surface area contributed by atoms with Crippen molar-refractivity contribution >= 4 is 17.4 Å². The van der Waals surface area contributed by atoms with Crippen LogP contribution in [0.3, 0.4) is 0 Å². The fourth-order valence-corrected chi connectivity index (χ4v) is 4.09.